The summed E-state index contributed by atoms with van der Waals surface area (Å²) in [4.78, 5) is 43.4. The van der Waals surface area contributed by atoms with Gasteiger partial charge in [0.1, 0.15) is 12.1 Å². The molecule has 0 atom stereocenters. The minimum atomic E-state index is -0.870. The van der Waals surface area contributed by atoms with Crippen molar-refractivity contribution in [2.75, 3.05) is 12.3 Å². The summed E-state index contributed by atoms with van der Waals surface area (Å²) in [6.07, 6.45) is 4.05. The Morgan fingerprint density at radius 1 is 1.30 bits per heavy atom. The van der Waals surface area contributed by atoms with E-state index in [1.54, 1.807) is 6.07 Å². The molecule has 2 aliphatic rings. The van der Waals surface area contributed by atoms with Crippen LogP contribution in [0.15, 0.2) is 22.5 Å². The van der Waals surface area contributed by atoms with E-state index in [4.69, 9.17) is 11.6 Å². The van der Waals surface area contributed by atoms with Crippen LogP contribution in [0.25, 0.3) is 10.2 Å². The molecule has 2 fully saturated rings. The van der Waals surface area contributed by atoms with Gasteiger partial charge < -0.3 is 4.90 Å². The highest BCUT2D eigenvalue weighted by atomic mass is 35.5. The Labute approximate surface area is 169 Å². The summed E-state index contributed by atoms with van der Waals surface area (Å²) in [6.45, 7) is -0.0550. The van der Waals surface area contributed by atoms with Gasteiger partial charge in [0.05, 0.1) is 16.0 Å². The molecule has 4 rings (SSSR count). The van der Waals surface area contributed by atoms with Crippen LogP contribution in [-0.2, 0) is 14.4 Å². The maximum Gasteiger partial charge on any atom is 0.252 e. The molecule has 0 unspecified atom stereocenters. The Bertz CT molecular complexity index is 924. The summed E-state index contributed by atoms with van der Waals surface area (Å²) in [6, 6.07) is 5.52. The van der Waals surface area contributed by atoms with Gasteiger partial charge in [-0.2, -0.15) is 0 Å². The van der Waals surface area contributed by atoms with Crippen molar-refractivity contribution in [3.63, 3.8) is 0 Å². The first-order valence-corrected chi connectivity index (χ1v) is 11.0. The van der Waals surface area contributed by atoms with Crippen LogP contribution in [-0.4, -0.2) is 45.4 Å². The molecule has 2 aromatic rings. The number of aromatic nitrogens is 1. The normalized spacial score (nSPS) is 19.5. The topological polar surface area (TPSA) is 79.4 Å². The van der Waals surface area contributed by atoms with Crippen LogP contribution in [0.3, 0.4) is 0 Å². The number of halogens is 1. The monoisotopic (exact) mass is 423 g/mol. The maximum atomic E-state index is 12.9. The Kier molecular flexibility index (Phi) is 5.13. The van der Waals surface area contributed by atoms with E-state index in [-0.39, 0.29) is 24.1 Å². The third-order valence-corrected chi connectivity index (χ3v) is 7.52. The number of nitrogens with zero attached hydrogens (tertiary/aromatic N) is 2. The molecule has 3 amide bonds. The number of hydrogen-bond donors (Lipinski definition) is 1. The molecule has 1 spiro atoms. The van der Waals surface area contributed by atoms with Gasteiger partial charge in [0.25, 0.3) is 5.91 Å². The minimum absolute atomic E-state index is 0.0550. The van der Waals surface area contributed by atoms with Crippen LogP contribution in [0.5, 0.6) is 0 Å². The molecule has 1 saturated carbocycles. The zero-order chi connectivity index (χ0) is 19.0. The standard InChI is InChI=1S/C18H18ClN3O3S2/c19-11-4-5-13-12(8-11)20-17(27-13)26-10-15(24)22-9-14(23)21-16(25)18(22)6-2-1-3-7-18/h4-5,8H,1-3,6-7,9-10H2,(H,21,23,25). The van der Waals surface area contributed by atoms with Gasteiger partial charge in [0.2, 0.25) is 11.8 Å². The van der Waals surface area contributed by atoms with E-state index in [1.807, 2.05) is 12.1 Å². The second-order valence-electron chi connectivity index (χ2n) is 6.83. The highest BCUT2D eigenvalue weighted by Gasteiger charge is 2.50. The van der Waals surface area contributed by atoms with Gasteiger partial charge in [-0.3, -0.25) is 19.7 Å². The smallest absolute Gasteiger partial charge is 0.252 e. The number of hydrogen-bond acceptors (Lipinski definition) is 6. The van der Waals surface area contributed by atoms with Crippen LogP contribution < -0.4 is 5.32 Å². The number of amides is 3. The highest BCUT2D eigenvalue weighted by Crippen LogP contribution is 2.37. The van der Waals surface area contributed by atoms with Crippen molar-refractivity contribution in [2.45, 2.75) is 42.0 Å². The zero-order valence-corrected chi connectivity index (χ0v) is 16.9. The summed E-state index contributed by atoms with van der Waals surface area (Å²) < 4.78 is 1.77. The van der Waals surface area contributed by atoms with Crippen molar-refractivity contribution in [1.29, 1.82) is 0 Å². The third kappa shape index (κ3) is 3.58. The van der Waals surface area contributed by atoms with E-state index in [0.717, 1.165) is 33.8 Å². The number of benzene rings is 1. The Morgan fingerprint density at radius 3 is 2.85 bits per heavy atom. The first-order chi connectivity index (χ1) is 13.0. The average molecular weight is 424 g/mol. The van der Waals surface area contributed by atoms with Crippen molar-refractivity contribution >= 4 is 62.6 Å². The molecular formula is C18H18ClN3O3S2. The lowest BCUT2D eigenvalue weighted by Gasteiger charge is -2.47. The number of carbonyl (C=O) groups excluding carboxylic acids is 3. The van der Waals surface area contributed by atoms with Crippen LogP contribution in [0, 0.1) is 0 Å². The Hall–Kier alpha value is -1.64. The van der Waals surface area contributed by atoms with Crippen molar-refractivity contribution < 1.29 is 14.4 Å². The summed E-state index contributed by atoms with van der Waals surface area (Å²) in [5, 5.41) is 3.04. The highest BCUT2D eigenvalue weighted by molar-refractivity contribution is 8.01. The number of thioether (sulfide) groups is 1. The third-order valence-electron chi connectivity index (χ3n) is 5.12. The van der Waals surface area contributed by atoms with E-state index in [2.05, 4.69) is 10.3 Å². The molecule has 1 saturated heterocycles. The number of piperazine rings is 1. The summed E-state index contributed by atoms with van der Waals surface area (Å²) in [7, 11) is 0. The number of nitrogens with one attached hydrogen (secondary N) is 1. The molecule has 6 nitrogen and oxygen atoms in total. The van der Waals surface area contributed by atoms with Crippen LogP contribution in [0.1, 0.15) is 32.1 Å². The van der Waals surface area contributed by atoms with E-state index in [0.29, 0.717) is 17.9 Å². The molecule has 1 aromatic heterocycles. The van der Waals surface area contributed by atoms with Gasteiger partial charge in [0, 0.05) is 5.02 Å². The van der Waals surface area contributed by atoms with Crippen molar-refractivity contribution in [3.05, 3.63) is 23.2 Å². The minimum Gasteiger partial charge on any atom is -0.318 e. The first-order valence-electron chi connectivity index (χ1n) is 8.82. The lowest BCUT2D eigenvalue weighted by atomic mass is 9.78. The first kappa shape index (κ1) is 18.7. The predicted octanol–water partition coefficient (Wildman–Crippen LogP) is 3.23. The summed E-state index contributed by atoms with van der Waals surface area (Å²) in [5.74, 6) is -0.784. The lowest BCUT2D eigenvalue weighted by molar-refractivity contribution is -0.158. The van der Waals surface area contributed by atoms with Gasteiger partial charge in [-0.05, 0) is 31.0 Å². The van der Waals surface area contributed by atoms with Crippen molar-refractivity contribution in [3.8, 4) is 0 Å². The Morgan fingerprint density at radius 2 is 2.07 bits per heavy atom. The summed E-state index contributed by atoms with van der Waals surface area (Å²) in [5.41, 5.74) is -0.0657. The van der Waals surface area contributed by atoms with E-state index >= 15 is 0 Å². The fourth-order valence-corrected chi connectivity index (χ4v) is 5.89. The number of thiazole rings is 1. The van der Waals surface area contributed by atoms with Crippen LogP contribution in [0.2, 0.25) is 5.02 Å². The Balaban J connectivity index is 1.51. The predicted molar refractivity (Wildman–Crippen MR) is 106 cm³/mol. The van der Waals surface area contributed by atoms with Gasteiger partial charge in [-0.25, -0.2) is 4.98 Å². The number of carbonyl (C=O) groups is 3. The molecule has 0 radical (unpaired) electrons. The fourth-order valence-electron chi connectivity index (χ4n) is 3.80. The maximum absolute atomic E-state index is 12.9. The van der Waals surface area contributed by atoms with Crippen LogP contribution >= 0.6 is 34.7 Å². The van der Waals surface area contributed by atoms with Crippen molar-refractivity contribution in [2.24, 2.45) is 0 Å². The van der Waals surface area contributed by atoms with E-state index < -0.39 is 11.4 Å². The van der Waals surface area contributed by atoms with E-state index in [9.17, 15) is 14.4 Å². The SMILES string of the molecule is O=C1CN(C(=O)CSc2nc3cc(Cl)ccc3s2)C2(CCCCC2)C(=O)N1. The average Bonchev–Trinajstić information content (AvgIpc) is 3.05. The number of imide groups is 1. The molecule has 1 aliphatic carbocycles. The molecule has 1 N–H and O–H groups in total. The van der Waals surface area contributed by atoms with Gasteiger partial charge in [-0.1, -0.05) is 42.6 Å². The fraction of sp³-hybridized carbons (Fsp3) is 0.444. The molecular weight excluding hydrogens is 406 g/mol. The number of rotatable bonds is 3. The molecule has 142 valence electrons. The second kappa shape index (κ2) is 7.41. The lowest BCUT2D eigenvalue weighted by Crippen LogP contribution is -2.69. The molecule has 9 heteroatoms. The largest absolute Gasteiger partial charge is 0.318 e. The molecule has 1 aliphatic heterocycles. The zero-order valence-electron chi connectivity index (χ0n) is 14.5. The molecule has 0 bridgehead atoms. The second-order valence-corrected chi connectivity index (χ2v) is 9.52. The molecule has 27 heavy (non-hydrogen) atoms. The van der Waals surface area contributed by atoms with E-state index in [1.165, 1.54) is 28.0 Å². The van der Waals surface area contributed by atoms with Gasteiger partial charge >= 0.3 is 0 Å². The van der Waals surface area contributed by atoms with Crippen LogP contribution in [0.4, 0.5) is 0 Å². The summed E-state index contributed by atoms with van der Waals surface area (Å²) >= 11 is 8.83. The number of fused-ring (bicyclic) bond motifs is 1. The van der Waals surface area contributed by atoms with Gasteiger partial charge in [-0.15, -0.1) is 11.3 Å². The molecule has 1 aromatic carbocycles. The van der Waals surface area contributed by atoms with Crippen molar-refractivity contribution in [1.82, 2.24) is 15.2 Å². The quantitative estimate of drug-likeness (QED) is 0.605. The van der Waals surface area contributed by atoms with Gasteiger partial charge in [0.15, 0.2) is 4.34 Å². The molecule has 2 heterocycles.